The fraction of sp³-hybridized carbons (Fsp3) is 0.393. The maximum atomic E-state index is 13.7. The highest BCUT2D eigenvalue weighted by Crippen LogP contribution is 2.38. The molecule has 0 bridgehead atoms. The number of hydrogen-bond acceptors (Lipinski definition) is 6. The van der Waals surface area contributed by atoms with Gasteiger partial charge in [-0.05, 0) is 66.8 Å². The van der Waals surface area contributed by atoms with Crippen LogP contribution in [-0.2, 0) is 16.1 Å². The van der Waals surface area contributed by atoms with Crippen molar-refractivity contribution in [3.05, 3.63) is 71.2 Å². The lowest BCUT2D eigenvalue weighted by Gasteiger charge is -2.33. The first-order valence-corrected chi connectivity index (χ1v) is 12.2. The van der Waals surface area contributed by atoms with Gasteiger partial charge in [0.25, 0.3) is 11.8 Å². The molecule has 0 aliphatic carbocycles. The Morgan fingerprint density at radius 2 is 1.95 bits per heavy atom. The van der Waals surface area contributed by atoms with Gasteiger partial charge >= 0.3 is 0 Å². The van der Waals surface area contributed by atoms with Crippen LogP contribution in [0.5, 0.6) is 5.88 Å². The molecule has 4 rings (SSSR count). The predicted octanol–water partition coefficient (Wildman–Crippen LogP) is 5.26. The predicted molar refractivity (Wildman–Crippen MR) is 136 cm³/mol. The fourth-order valence-corrected chi connectivity index (χ4v) is 4.30. The number of carbonyl (C=O) groups excluding carboxylic acids is 1. The van der Waals surface area contributed by atoms with Crippen molar-refractivity contribution in [3.8, 4) is 17.0 Å². The normalized spacial score (nSPS) is 15.3. The number of anilines is 1. The number of pyridine rings is 2. The molecule has 1 aliphatic heterocycles. The monoisotopic (exact) mass is 511 g/mol. The third kappa shape index (κ3) is 6.29. The van der Waals surface area contributed by atoms with Crippen molar-refractivity contribution in [2.24, 2.45) is 0 Å². The Morgan fingerprint density at radius 3 is 2.65 bits per heavy atom. The molecule has 0 radical (unpaired) electrons. The van der Waals surface area contributed by atoms with Crippen LogP contribution in [0.2, 0.25) is 0 Å². The average molecular weight is 512 g/mol. The van der Waals surface area contributed by atoms with Gasteiger partial charge < -0.3 is 19.9 Å². The molecule has 1 saturated heterocycles. The van der Waals surface area contributed by atoms with E-state index in [9.17, 15) is 18.7 Å². The topological polar surface area (TPSA) is 93.6 Å². The highest BCUT2D eigenvalue weighted by atomic mass is 19.3. The van der Waals surface area contributed by atoms with Crippen LogP contribution in [0.4, 0.5) is 14.5 Å². The summed E-state index contributed by atoms with van der Waals surface area (Å²) in [6.07, 6.45) is 2.84. The maximum absolute atomic E-state index is 13.7. The summed E-state index contributed by atoms with van der Waals surface area (Å²) in [4.78, 5) is 21.3. The molecule has 2 aromatic heterocycles. The molecule has 3 aromatic rings. The van der Waals surface area contributed by atoms with Crippen molar-refractivity contribution in [1.29, 1.82) is 0 Å². The number of carbonyl (C=O) groups is 1. The second-order valence-electron chi connectivity index (χ2n) is 9.63. The van der Waals surface area contributed by atoms with Gasteiger partial charge in [0.15, 0.2) is 0 Å². The minimum Gasteiger partial charge on any atom is -0.475 e. The number of rotatable bonds is 8. The van der Waals surface area contributed by atoms with Crippen molar-refractivity contribution < 1.29 is 28.2 Å². The SMILES string of the molecule is Cc1ccc(NC(=O)c2ccnc(C(C)(F)F)c2)cc1-c1cc(OCCO)nc(C2(C)CCOCC2)c1. The van der Waals surface area contributed by atoms with E-state index >= 15 is 0 Å². The zero-order valence-corrected chi connectivity index (χ0v) is 21.2. The van der Waals surface area contributed by atoms with E-state index in [0.29, 0.717) is 24.8 Å². The maximum Gasteiger partial charge on any atom is 0.286 e. The molecule has 1 aliphatic rings. The number of aromatic nitrogens is 2. The second kappa shape index (κ2) is 10.9. The summed E-state index contributed by atoms with van der Waals surface area (Å²) in [7, 11) is 0. The number of alkyl halides is 2. The summed E-state index contributed by atoms with van der Waals surface area (Å²) in [5, 5.41) is 12.0. The summed E-state index contributed by atoms with van der Waals surface area (Å²) in [6, 6.07) is 11.8. The van der Waals surface area contributed by atoms with Crippen molar-refractivity contribution in [3.63, 3.8) is 0 Å². The molecule has 7 nitrogen and oxygen atoms in total. The number of aryl methyl sites for hydroxylation is 1. The van der Waals surface area contributed by atoms with Gasteiger partial charge in [-0.1, -0.05) is 13.0 Å². The van der Waals surface area contributed by atoms with Crippen LogP contribution < -0.4 is 10.1 Å². The third-order valence-corrected chi connectivity index (χ3v) is 6.64. The Morgan fingerprint density at radius 1 is 1.19 bits per heavy atom. The van der Waals surface area contributed by atoms with E-state index in [0.717, 1.165) is 48.2 Å². The van der Waals surface area contributed by atoms with Gasteiger partial charge in [0.05, 0.1) is 12.3 Å². The second-order valence-corrected chi connectivity index (χ2v) is 9.63. The van der Waals surface area contributed by atoms with E-state index in [1.54, 1.807) is 6.07 Å². The molecule has 1 amide bonds. The largest absolute Gasteiger partial charge is 0.475 e. The minimum absolute atomic E-state index is 0.0898. The van der Waals surface area contributed by atoms with Crippen molar-refractivity contribution >= 4 is 11.6 Å². The summed E-state index contributed by atoms with van der Waals surface area (Å²) in [6.45, 7) is 6.15. The molecule has 0 unspecified atom stereocenters. The van der Waals surface area contributed by atoms with Crippen molar-refractivity contribution in [2.45, 2.75) is 45.0 Å². The quantitative estimate of drug-likeness (QED) is 0.429. The molecular formula is C28H31F2N3O4. The summed E-state index contributed by atoms with van der Waals surface area (Å²) >= 11 is 0. The highest BCUT2D eigenvalue weighted by molar-refractivity contribution is 6.04. The molecule has 196 valence electrons. The van der Waals surface area contributed by atoms with Gasteiger partial charge in [-0.2, -0.15) is 8.78 Å². The number of nitrogens with zero attached hydrogens (tertiary/aromatic N) is 2. The number of aliphatic hydroxyl groups is 1. The van der Waals surface area contributed by atoms with E-state index in [4.69, 9.17) is 14.5 Å². The van der Waals surface area contributed by atoms with Crippen LogP contribution in [0, 0.1) is 6.92 Å². The van der Waals surface area contributed by atoms with Crippen molar-refractivity contribution in [1.82, 2.24) is 9.97 Å². The Balaban J connectivity index is 1.67. The number of benzene rings is 1. The lowest BCUT2D eigenvalue weighted by Crippen LogP contribution is -2.31. The fourth-order valence-electron chi connectivity index (χ4n) is 4.30. The molecular weight excluding hydrogens is 480 g/mol. The van der Waals surface area contributed by atoms with Crippen LogP contribution in [0.15, 0.2) is 48.7 Å². The van der Waals surface area contributed by atoms with E-state index in [1.165, 1.54) is 12.3 Å². The molecule has 2 N–H and O–H groups in total. The van der Waals surface area contributed by atoms with Gasteiger partial charge in [-0.15, -0.1) is 0 Å². The number of hydrogen-bond donors (Lipinski definition) is 2. The smallest absolute Gasteiger partial charge is 0.286 e. The van der Waals surface area contributed by atoms with E-state index < -0.39 is 17.5 Å². The van der Waals surface area contributed by atoms with Crippen LogP contribution in [0.25, 0.3) is 11.1 Å². The van der Waals surface area contributed by atoms with Crippen LogP contribution in [-0.4, -0.2) is 47.4 Å². The Kier molecular flexibility index (Phi) is 7.85. The number of ether oxygens (including phenoxy) is 2. The molecule has 1 aromatic carbocycles. The van der Waals surface area contributed by atoms with Gasteiger partial charge in [-0.3, -0.25) is 9.78 Å². The highest BCUT2D eigenvalue weighted by Gasteiger charge is 2.32. The third-order valence-electron chi connectivity index (χ3n) is 6.64. The Bertz CT molecular complexity index is 1270. The van der Waals surface area contributed by atoms with Gasteiger partial charge in [0, 0.05) is 49.1 Å². The zero-order valence-electron chi connectivity index (χ0n) is 21.2. The van der Waals surface area contributed by atoms with Crippen LogP contribution in [0.3, 0.4) is 0 Å². The number of amides is 1. The van der Waals surface area contributed by atoms with Gasteiger partial charge in [0.2, 0.25) is 5.88 Å². The molecule has 0 spiro atoms. The summed E-state index contributed by atoms with van der Waals surface area (Å²) < 4.78 is 38.6. The number of nitrogens with one attached hydrogen (secondary N) is 1. The molecule has 0 atom stereocenters. The number of halogens is 2. The average Bonchev–Trinajstić information content (AvgIpc) is 2.88. The first-order chi connectivity index (χ1) is 17.6. The molecule has 37 heavy (non-hydrogen) atoms. The first-order valence-electron chi connectivity index (χ1n) is 12.2. The first kappa shape index (κ1) is 26.6. The van der Waals surface area contributed by atoms with Crippen LogP contribution >= 0.6 is 0 Å². The van der Waals surface area contributed by atoms with E-state index in [1.807, 2.05) is 31.2 Å². The molecule has 1 fully saturated rings. The molecule has 3 heterocycles. The van der Waals surface area contributed by atoms with Crippen molar-refractivity contribution in [2.75, 3.05) is 31.7 Å². The van der Waals surface area contributed by atoms with E-state index in [2.05, 4.69) is 17.2 Å². The van der Waals surface area contributed by atoms with Gasteiger partial charge in [0.1, 0.15) is 12.3 Å². The Hall–Kier alpha value is -3.43. The zero-order chi connectivity index (χ0) is 26.6. The summed E-state index contributed by atoms with van der Waals surface area (Å²) in [5.74, 6) is -3.25. The molecule has 0 saturated carbocycles. The van der Waals surface area contributed by atoms with Crippen LogP contribution in [0.1, 0.15) is 54.0 Å². The lowest BCUT2D eigenvalue weighted by molar-refractivity contribution is 0.0127. The number of aliphatic hydroxyl groups excluding tert-OH is 1. The standard InChI is InChI=1S/C28H31F2N3O4/c1-18-4-5-21(32-26(35)19-6-9-31-24(14-19)28(3,29)30)17-22(18)20-15-23(27(2)7-11-36-12-8-27)33-25(16-20)37-13-10-34/h4-6,9,14-17,34H,7-8,10-13H2,1-3H3,(H,32,35). The Labute approximate surface area is 214 Å². The van der Waals surface area contributed by atoms with E-state index in [-0.39, 0.29) is 24.2 Å². The minimum atomic E-state index is -3.15. The molecule has 9 heteroatoms. The lowest BCUT2D eigenvalue weighted by atomic mass is 9.78. The summed E-state index contributed by atoms with van der Waals surface area (Å²) in [5.41, 5.74) is 3.51. The van der Waals surface area contributed by atoms with Gasteiger partial charge in [-0.25, -0.2) is 4.98 Å².